The van der Waals surface area contributed by atoms with Crippen LogP contribution < -0.4 is 10.2 Å². The summed E-state index contributed by atoms with van der Waals surface area (Å²) in [6.45, 7) is 3.65. The first kappa shape index (κ1) is 14.0. The fourth-order valence-corrected chi connectivity index (χ4v) is 2.58. The van der Waals surface area contributed by atoms with Gasteiger partial charge in [-0.15, -0.1) is 0 Å². The summed E-state index contributed by atoms with van der Waals surface area (Å²) in [4.78, 5) is 16.8. The summed E-state index contributed by atoms with van der Waals surface area (Å²) >= 11 is 0. The zero-order valence-electron chi connectivity index (χ0n) is 12.0. The second-order valence-corrected chi connectivity index (χ2v) is 5.20. The normalized spacial score (nSPS) is 25.4. The molecule has 4 heteroatoms. The van der Waals surface area contributed by atoms with Crippen LogP contribution in [0.1, 0.15) is 13.3 Å². The molecule has 0 saturated carbocycles. The van der Waals surface area contributed by atoms with Crippen LogP contribution in [0.25, 0.3) is 0 Å². The Kier molecular flexibility index (Phi) is 4.56. The summed E-state index contributed by atoms with van der Waals surface area (Å²) in [7, 11) is 3.93. The first-order chi connectivity index (χ1) is 9.15. The van der Waals surface area contributed by atoms with E-state index < -0.39 is 0 Å². The molecule has 2 unspecified atom stereocenters. The van der Waals surface area contributed by atoms with Crippen LogP contribution >= 0.6 is 0 Å². The van der Waals surface area contributed by atoms with Crippen molar-refractivity contribution in [3.63, 3.8) is 0 Å². The van der Waals surface area contributed by atoms with Crippen molar-refractivity contribution < 1.29 is 4.79 Å². The molecule has 1 aromatic rings. The van der Waals surface area contributed by atoms with Crippen molar-refractivity contribution in [3.05, 3.63) is 30.3 Å². The predicted octanol–water partition coefficient (Wildman–Crippen LogP) is 1.33. The van der Waals surface area contributed by atoms with Gasteiger partial charge in [0.1, 0.15) is 6.04 Å². The molecule has 104 valence electrons. The molecule has 1 aromatic carbocycles. The molecular formula is C15H23N3O. The Labute approximate surface area is 115 Å². The van der Waals surface area contributed by atoms with E-state index in [0.717, 1.165) is 18.7 Å². The number of hydrogen-bond donors (Lipinski definition) is 1. The van der Waals surface area contributed by atoms with Crippen molar-refractivity contribution in [2.75, 3.05) is 32.1 Å². The number of carbonyl (C=O) groups is 1. The molecule has 1 fully saturated rings. The number of anilines is 1. The van der Waals surface area contributed by atoms with E-state index in [-0.39, 0.29) is 11.9 Å². The largest absolute Gasteiger partial charge is 0.318 e. The standard InChI is InChI=1S/C15H23N3O/c1-12-9-10-18(13-7-5-4-6-8-13)15(19)14(11-16-2)17(12)3/h4-8,12,14,16H,9-11H2,1-3H3. The Hall–Kier alpha value is -1.39. The Bertz CT molecular complexity index is 421. The first-order valence-corrected chi connectivity index (χ1v) is 6.88. The monoisotopic (exact) mass is 261 g/mol. The number of nitrogens with zero attached hydrogens (tertiary/aromatic N) is 2. The highest BCUT2D eigenvalue weighted by atomic mass is 16.2. The number of carbonyl (C=O) groups excluding carboxylic acids is 1. The van der Waals surface area contributed by atoms with Crippen molar-refractivity contribution >= 4 is 11.6 Å². The third-order valence-corrected chi connectivity index (χ3v) is 3.97. The average molecular weight is 261 g/mol. The minimum Gasteiger partial charge on any atom is -0.318 e. The van der Waals surface area contributed by atoms with Crippen LogP contribution in [0.4, 0.5) is 5.69 Å². The molecule has 0 aliphatic carbocycles. The van der Waals surface area contributed by atoms with Crippen molar-refractivity contribution in [3.8, 4) is 0 Å². The van der Waals surface area contributed by atoms with Crippen molar-refractivity contribution in [1.29, 1.82) is 0 Å². The van der Waals surface area contributed by atoms with Gasteiger partial charge >= 0.3 is 0 Å². The van der Waals surface area contributed by atoms with Crippen molar-refractivity contribution in [2.45, 2.75) is 25.4 Å². The molecule has 1 heterocycles. The maximum Gasteiger partial charge on any atom is 0.245 e. The number of benzene rings is 1. The minimum atomic E-state index is -0.0947. The van der Waals surface area contributed by atoms with E-state index in [9.17, 15) is 4.79 Å². The fourth-order valence-electron chi connectivity index (χ4n) is 2.58. The average Bonchev–Trinajstić information content (AvgIpc) is 2.53. The smallest absolute Gasteiger partial charge is 0.245 e. The molecule has 2 rings (SSSR count). The Balaban J connectivity index is 2.28. The highest BCUT2D eigenvalue weighted by molar-refractivity contribution is 5.97. The topological polar surface area (TPSA) is 35.6 Å². The molecule has 1 N–H and O–H groups in total. The van der Waals surface area contributed by atoms with Gasteiger partial charge in [-0.1, -0.05) is 18.2 Å². The van der Waals surface area contributed by atoms with Gasteiger partial charge in [0.25, 0.3) is 0 Å². The maximum absolute atomic E-state index is 12.7. The maximum atomic E-state index is 12.7. The third kappa shape index (κ3) is 2.96. The molecule has 1 saturated heterocycles. The number of hydrogen-bond acceptors (Lipinski definition) is 3. The molecule has 2 atom stereocenters. The molecule has 4 nitrogen and oxygen atoms in total. The van der Waals surface area contributed by atoms with Gasteiger partial charge in [-0.3, -0.25) is 9.69 Å². The van der Waals surface area contributed by atoms with Gasteiger partial charge in [0, 0.05) is 24.8 Å². The predicted molar refractivity (Wildman–Crippen MR) is 78.4 cm³/mol. The number of amides is 1. The highest BCUT2D eigenvalue weighted by Crippen LogP contribution is 2.21. The molecule has 1 aliphatic heterocycles. The molecular weight excluding hydrogens is 238 g/mol. The minimum absolute atomic E-state index is 0.0947. The van der Waals surface area contributed by atoms with Crippen LogP contribution in [-0.4, -0.2) is 50.1 Å². The number of rotatable bonds is 3. The molecule has 0 spiro atoms. The Morgan fingerprint density at radius 3 is 2.63 bits per heavy atom. The zero-order valence-corrected chi connectivity index (χ0v) is 12.0. The van der Waals surface area contributed by atoms with Crippen LogP contribution in [0.15, 0.2) is 30.3 Å². The van der Waals surface area contributed by atoms with E-state index in [1.165, 1.54) is 0 Å². The third-order valence-electron chi connectivity index (χ3n) is 3.97. The van der Waals surface area contributed by atoms with E-state index in [1.54, 1.807) is 0 Å². The summed E-state index contributed by atoms with van der Waals surface area (Å²) in [6, 6.07) is 10.3. The van der Waals surface area contributed by atoms with E-state index >= 15 is 0 Å². The van der Waals surface area contributed by atoms with E-state index in [4.69, 9.17) is 0 Å². The molecule has 0 aromatic heterocycles. The number of nitrogens with one attached hydrogen (secondary N) is 1. The Morgan fingerprint density at radius 1 is 1.32 bits per heavy atom. The summed E-state index contributed by atoms with van der Waals surface area (Å²) in [6.07, 6.45) is 0.997. The Morgan fingerprint density at radius 2 is 2.00 bits per heavy atom. The number of likely N-dealkylation sites (N-methyl/N-ethyl adjacent to an activating group) is 2. The molecule has 0 radical (unpaired) electrons. The second kappa shape index (κ2) is 6.17. The van der Waals surface area contributed by atoms with Gasteiger partial charge in [-0.2, -0.15) is 0 Å². The van der Waals surface area contributed by atoms with Gasteiger partial charge in [0.15, 0.2) is 0 Å². The first-order valence-electron chi connectivity index (χ1n) is 6.88. The zero-order chi connectivity index (χ0) is 13.8. The van der Waals surface area contributed by atoms with Crippen LogP contribution in [0.3, 0.4) is 0 Å². The molecule has 1 amide bonds. The fraction of sp³-hybridized carbons (Fsp3) is 0.533. The van der Waals surface area contributed by atoms with Crippen molar-refractivity contribution in [1.82, 2.24) is 10.2 Å². The molecule has 19 heavy (non-hydrogen) atoms. The van der Waals surface area contributed by atoms with Crippen LogP contribution in [0.2, 0.25) is 0 Å². The lowest BCUT2D eigenvalue weighted by atomic mass is 10.2. The summed E-state index contributed by atoms with van der Waals surface area (Å²) in [5.74, 6) is 0.187. The molecule has 0 bridgehead atoms. The lowest BCUT2D eigenvalue weighted by molar-refractivity contribution is -0.123. The number of para-hydroxylation sites is 1. The lowest BCUT2D eigenvalue weighted by Gasteiger charge is -2.30. The molecule has 1 aliphatic rings. The quantitative estimate of drug-likeness (QED) is 0.891. The van der Waals surface area contributed by atoms with Crippen LogP contribution in [0.5, 0.6) is 0 Å². The highest BCUT2D eigenvalue weighted by Gasteiger charge is 2.33. The van der Waals surface area contributed by atoms with Gasteiger partial charge < -0.3 is 10.2 Å². The van der Waals surface area contributed by atoms with Gasteiger partial charge in [0.2, 0.25) is 5.91 Å². The SMILES string of the molecule is CNCC1C(=O)N(c2ccccc2)CCC(C)N1C. The summed E-state index contributed by atoms with van der Waals surface area (Å²) in [5.41, 5.74) is 0.996. The van der Waals surface area contributed by atoms with Crippen LogP contribution in [-0.2, 0) is 4.79 Å². The second-order valence-electron chi connectivity index (χ2n) is 5.20. The van der Waals surface area contributed by atoms with Crippen LogP contribution in [0, 0.1) is 0 Å². The van der Waals surface area contributed by atoms with E-state index in [0.29, 0.717) is 12.6 Å². The van der Waals surface area contributed by atoms with Gasteiger partial charge in [-0.25, -0.2) is 0 Å². The van der Waals surface area contributed by atoms with E-state index in [1.807, 2.05) is 49.3 Å². The summed E-state index contributed by atoms with van der Waals surface area (Å²) < 4.78 is 0. The summed E-state index contributed by atoms with van der Waals surface area (Å²) in [5, 5.41) is 3.13. The lowest BCUT2D eigenvalue weighted by Crippen LogP contribution is -2.50. The van der Waals surface area contributed by atoms with Gasteiger partial charge in [0.05, 0.1) is 0 Å². The van der Waals surface area contributed by atoms with E-state index in [2.05, 4.69) is 17.1 Å². The van der Waals surface area contributed by atoms with Gasteiger partial charge in [-0.05, 0) is 39.6 Å². The van der Waals surface area contributed by atoms with Crippen molar-refractivity contribution in [2.24, 2.45) is 0 Å².